The molecule has 1 aromatic carbocycles. The summed E-state index contributed by atoms with van der Waals surface area (Å²) in [5.74, 6) is 0.728. The van der Waals surface area contributed by atoms with Crippen molar-refractivity contribution in [2.24, 2.45) is 0 Å². The number of hydrogen-bond donors (Lipinski definition) is 1. The molecule has 0 saturated heterocycles. The van der Waals surface area contributed by atoms with Gasteiger partial charge in [0.1, 0.15) is 5.75 Å². The van der Waals surface area contributed by atoms with E-state index in [1.54, 1.807) is 14.2 Å². The quantitative estimate of drug-likeness (QED) is 0.735. The highest BCUT2D eigenvalue weighted by Crippen LogP contribution is 2.29. The first-order chi connectivity index (χ1) is 9.17. The summed E-state index contributed by atoms with van der Waals surface area (Å²) in [7, 11) is 3.38. The van der Waals surface area contributed by atoms with Crippen LogP contribution in [-0.2, 0) is 4.74 Å². The SMILES string of the molecule is CCC(CC)N(CCOC)c1ccc(N)c(OC)c1. The third-order valence-electron chi connectivity index (χ3n) is 3.47. The van der Waals surface area contributed by atoms with Crippen molar-refractivity contribution >= 4 is 11.4 Å². The summed E-state index contributed by atoms with van der Waals surface area (Å²) in [6.45, 7) is 6.00. The fourth-order valence-corrected chi connectivity index (χ4v) is 2.32. The Morgan fingerprint density at radius 3 is 2.42 bits per heavy atom. The average molecular weight is 266 g/mol. The van der Waals surface area contributed by atoms with Gasteiger partial charge in [-0.1, -0.05) is 13.8 Å². The van der Waals surface area contributed by atoms with E-state index in [1.807, 2.05) is 18.2 Å². The molecule has 4 heteroatoms. The van der Waals surface area contributed by atoms with E-state index in [2.05, 4.69) is 18.7 Å². The van der Waals surface area contributed by atoms with Crippen LogP contribution in [0.4, 0.5) is 11.4 Å². The highest BCUT2D eigenvalue weighted by atomic mass is 16.5. The van der Waals surface area contributed by atoms with Crippen molar-refractivity contribution in [1.29, 1.82) is 0 Å². The molecule has 0 aliphatic heterocycles. The van der Waals surface area contributed by atoms with E-state index < -0.39 is 0 Å². The van der Waals surface area contributed by atoms with Gasteiger partial charge in [0.25, 0.3) is 0 Å². The first kappa shape index (κ1) is 15.6. The summed E-state index contributed by atoms with van der Waals surface area (Å²) in [4.78, 5) is 2.37. The van der Waals surface area contributed by atoms with Gasteiger partial charge in [0.05, 0.1) is 19.4 Å². The van der Waals surface area contributed by atoms with Crippen LogP contribution < -0.4 is 15.4 Å². The molecule has 1 aromatic rings. The number of benzene rings is 1. The standard InChI is InChI=1S/C15H26N2O2/c1-5-12(6-2)17(9-10-18-3)13-7-8-14(16)15(11-13)19-4/h7-8,11-12H,5-6,9-10,16H2,1-4H3. The number of rotatable bonds is 8. The van der Waals surface area contributed by atoms with Gasteiger partial charge in [-0.15, -0.1) is 0 Å². The number of nitrogens with zero attached hydrogens (tertiary/aromatic N) is 1. The van der Waals surface area contributed by atoms with E-state index in [1.165, 1.54) is 0 Å². The van der Waals surface area contributed by atoms with Gasteiger partial charge in [-0.3, -0.25) is 0 Å². The average Bonchev–Trinajstić information content (AvgIpc) is 2.44. The molecule has 0 aliphatic rings. The Morgan fingerprint density at radius 2 is 1.89 bits per heavy atom. The Bertz CT molecular complexity index is 378. The first-order valence-electron chi connectivity index (χ1n) is 6.86. The molecule has 0 fully saturated rings. The van der Waals surface area contributed by atoms with Crippen LogP contribution in [0.15, 0.2) is 18.2 Å². The van der Waals surface area contributed by atoms with Crippen LogP contribution in [0.25, 0.3) is 0 Å². The van der Waals surface area contributed by atoms with E-state index in [-0.39, 0.29) is 0 Å². The van der Waals surface area contributed by atoms with Gasteiger partial charge in [0.15, 0.2) is 0 Å². The summed E-state index contributed by atoms with van der Waals surface area (Å²) < 4.78 is 10.5. The first-order valence-corrected chi connectivity index (χ1v) is 6.86. The largest absolute Gasteiger partial charge is 0.495 e. The lowest BCUT2D eigenvalue weighted by atomic mass is 10.1. The van der Waals surface area contributed by atoms with E-state index >= 15 is 0 Å². The molecule has 0 heterocycles. The smallest absolute Gasteiger partial charge is 0.143 e. The molecular weight excluding hydrogens is 240 g/mol. The molecule has 0 spiro atoms. The second kappa shape index (κ2) is 7.89. The van der Waals surface area contributed by atoms with Crippen molar-refractivity contribution < 1.29 is 9.47 Å². The number of nitrogens with two attached hydrogens (primary N) is 1. The zero-order chi connectivity index (χ0) is 14.3. The van der Waals surface area contributed by atoms with Gasteiger partial charge in [-0.05, 0) is 25.0 Å². The second-order valence-electron chi connectivity index (χ2n) is 4.58. The lowest BCUT2D eigenvalue weighted by Gasteiger charge is -2.33. The Hall–Kier alpha value is -1.42. The highest BCUT2D eigenvalue weighted by molar-refractivity contribution is 5.62. The number of methoxy groups -OCH3 is 2. The minimum absolute atomic E-state index is 0.503. The predicted octanol–water partition coefficient (Wildman–Crippen LogP) is 2.92. The predicted molar refractivity (Wildman–Crippen MR) is 81.0 cm³/mol. The summed E-state index contributed by atoms with van der Waals surface area (Å²) in [5, 5.41) is 0. The molecule has 0 saturated carbocycles. The molecule has 19 heavy (non-hydrogen) atoms. The molecule has 0 atom stereocenters. The van der Waals surface area contributed by atoms with E-state index in [0.717, 1.165) is 30.8 Å². The molecule has 108 valence electrons. The van der Waals surface area contributed by atoms with Gasteiger partial charge >= 0.3 is 0 Å². The Kier molecular flexibility index (Phi) is 6.50. The van der Waals surface area contributed by atoms with Crippen LogP contribution in [0.2, 0.25) is 0 Å². The van der Waals surface area contributed by atoms with Crippen molar-refractivity contribution in [3.63, 3.8) is 0 Å². The minimum atomic E-state index is 0.503. The zero-order valence-corrected chi connectivity index (χ0v) is 12.5. The fraction of sp³-hybridized carbons (Fsp3) is 0.600. The van der Waals surface area contributed by atoms with Gasteiger partial charge < -0.3 is 20.1 Å². The Balaban J connectivity index is 3.01. The molecule has 0 aliphatic carbocycles. The molecular formula is C15H26N2O2. The Morgan fingerprint density at radius 1 is 1.21 bits per heavy atom. The van der Waals surface area contributed by atoms with Gasteiger partial charge in [0, 0.05) is 31.5 Å². The van der Waals surface area contributed by atoms with Crippen LogP contribution in [0.3, 0.4) is 0 Å². The molecule has 0 radical (unpaired) electrons. The number of nitrogen functional groups attached to an aromatic ring is 1. The van der Waals surface area contributed by atoms with Crippen molar-refractivity contribution in [3.8, 4) is 5.75 Å². The lowest BCUT2D eigenvalue weighted by molar-refractivity contribution is 0.202. The lowest BCUT2D eigenvalue weighted by Crippen LogP contribution is -2.37. The maximum absolute atomic E-state index is 5.87. The second-order valence-corrected chi connectivity index (χ2v) is 4.58. The fourth-order valence-electron chi connectivity index (χ4n) is 2.32. The third kappa shape index (κ3) is 4.03. The topological polar surface area (TPSA) is 47.7 Å². The summed E-state index contributed by atoms with van der Waals surface area (Å²) in [6.07, 6.45) is 2.21. The summed E-state index contributed by atoms with van der Waals surface area (Å²) >= 11 is 0. The van der Waals surface area contributed by atoms with Crippen molar-refractivity contribution in [3.05, 3.63) is 18.2 Å². The van der Waals surface area contributed by atoms with E-state index in [0.29, 0.717) is 18.3 Å². The molecule has 0 amide bonds. The number of anilines is 2. The monoisotopic (exact) mass is 266 g/mol. The summed E-state index contributed by atoms with van der Waals surface area (Å²) in [6, 6.07) is 6.45. The molecule has 1 rings (SSSR count). The van der Waals surface area contributed by atoms with Crippen molar-refractivity contribution in [2.45, 2.75) is 32.7 Å². The van der Waals surface area contributed by atoms with Gasteiger partial charge in [0.2, 0.25) is 0 Å². The molecule has 2 N–H and O–H groups in total. The van der Waals surface area contributed by atoms with Gasteiger partial charge in [-0.2, -0.15) is 0 Å². The van der Waals surface area contributed by atoms with Crippen molar-refractivity contribution in [2.75, 3.05) is 38.0 Å². The number of hydrogen-bond acceptors (Lipinski definition) is 4. The zero-order valence-electron chi connectivity index (χ0n) is 12.5. The van der Waals surface area contributed by atoms with Crippen LogP contribution >= 0.6 is 0 Å². The highest BCUT2D eigenvalue weighted by Gasteiger charge is 2.16. The molecule has 0 bridgehead atoms. The van der Waals surface area contributed by atoms with Gasteiger partial charge in [-0.25, -0.2) is 0 Å². The van der Waals surface area contributed by atoms with Crippen molar-refractivity contribution in [1.82, 2.24) is 0 Å². The van der Waals surface area contributed by atoms with Crippen LogP contribution in [-0.4, -0.2) is 33.4 Å². The van der Waals surface area contributed by atoms with E-state index in [9.17, 15) is 0 Å². The van der Waals surface area contributed by atoms with Crippen LogP contribution in [0, 0.1) is 0 Å². The van der Waals surface area contributed by atoms with E-state index in [4.69, 9.17) is 15.2 Å². The Labute approximate surface area is 116 Å². The maximum atomic E-state index is 5.87. The normalized spacial score (nSPS) is 10.8. The molecule has 0 unspecified atom stereocenters. The third-order valence-corrected chi connectivity index (χ3v) is 3.47. The molecule has 0 aromatic heterocycles. The summed E-state index contributed by atoms with van der Waals surface area (Å²) in [5.41, 5.74) is 7.68. The molecule has 4 nitrogen and oxygen atoms in total. The number of ether oxygens (including phenoxy) is 2. The van der Waals surface area contributed by atoms with Crippen LogP contribution in [0.1, 0.15) is 26.7 Å². The van der Waals surface area contributed by atoms with Crippen LogP contribution in [0.5, 0.6) is 5.75 Å². The minimum Gasteiger partial charge on any atom is -0.495 e. The maximum Gasteiger partial charge on any atom is 0.143 e.